The number of methoxy groups -OCH3 is 1. The Morgan fingerprint density at radius 3 is 2.64 bits per heavy atom. The van der Waals surface area contributed by atoms with Gasteiger partial charge in [-0.05, 0) is 68.0 Å². The van der Waals surface area contributed by atoms with E-state index in [1.165, 1.54) is 13.5 Å². The van der Waals surface area contributed by atoms with Gasteiger partial charge in [-0.1, -0.05) is 41.9 Å². The van der Waals surface area contributed by atoms with Gasteiger partial charge in [0.2, 0.25) is 0 Å². The van der Waals surface area contributed by atoms with Crippen molar-refractivity contribution in [1.82, 2.24) is 10.6 Å². The predicted octanol–water partition coefficient (Wildman–Crippen LogP) is 5.17. The van der Waals surface area contributed by atoms with E-state index in [1.54, 1.807) is 6.07 Å². The summed E-state index contributed by atoms with van der Waals surface area (Å²) in [5.74, 6) is 0.660. The summed E-state index contributed by atoms with van der Waals surface area (Å²) in [7, 11) is 3.28. The molecule has 2 aromatic carbocycles. The zero-order valence-corrected chi connectivity index (χ0v) is 21.9. The summed E-state index contributed by atoms with van der Waals surface area (Å²) in [6.45, 7) is 2.23. The van der Waals surface area contributed by atoms with Crippen LogP contribution >= 0.6 is 11.6 Å². The first-order valence-corrected chi connectivity index (χ1v) is 12.9. The number of carbonyl (C=O) groups is 2. The second-order valence-electron chi connectivity index (χ2n) is 9.12. The van der Waals surface area contributed by atoms with Gasteiger partial charge in [0.15, 0.2) is 5.78 Å². The lowest BCUT2D eigenvalue weighted by atomic mass is 9.91. The number of carbonyl (C=O) groups excluding carboxylic acids is 2. The molecule has 1 aliphatic rings. The topological polar surface area (TPSA) is 85.9 Å². The van der Waals surface area contributed by atoms with Crippen LogP contribution in [-0.2, 0) is 14.2 Å². The molecule has 1 heterocycles. The van der Waals surface area contributed by atoms with E-state index in [1.807, 2.05) is 49.5 Å². The van der Waals surface area contributed by atoms with E-state index in [0.29, 0.717) is 29.5 Å². The third-order valence-corrected chi connectivity index (χ3v) is 6.74. The van der Waals surface area contributed by atoms with Gasteiger partial charge in [-0.3, -0.25) is 4.79 Å². The second-order valence-corrected chi connectivity index (χ2v) is 9.55. The van der Waals surface area contributed by atoms with Crippen molar-refractivity contribution < 1.29 is 23.8 Å². The molecule has 0 aliphatic carbocycles. The molecule has 0 unspecified atom stereocenters. The highest BCUT2D eigenvalue weighted by Gasteiger charge is 2.21. The fraction of sp³-hybridized carbons (Fsp3) is 0.500. The normalized spacial score (nSPS) is 17.2. The average Bonchev–Trinajstić information content (AvgIpc) is 2.91. The number of amides is 1. The van der Waals surface area contributed by atoms with Crippen LogP contribution in [0.1, 0.15) is 59.7 Å². The Hall–Kier alpha value is -2.45. The maximum absolute atomic E-state index is 13.1. The van der Waals surface area contributed by atoms with E-state index in [4.69, 9.17) is 21.1 Å². The Morgan fingerprint density at radius 2 is 1.94 bits per heavy atom. The molecule has 3 atom stereocenters. The Labute approximate surface area is 218 Å². The molecule has 1 saturated heterocycles. The molecule has 0 bridgehead atoms. The number of Topliss-reactive ketones (excluding diaryl/α,β-unsaturated/α-hetero) is 1. The van der Waals surface area contributed by atoms with Gasteiger partial charge in [0, 0.05) is 42.8 Å². The molecule has 1 fully saturated rings. The molecule has 2 aromatic rings. The maximum atomic E-state index is 13.1. The first-order valence-electron chi connectivity index (χ1n) is 12.6. The van der Waals surface area contributed by atoms with Crippen LogP contribution in [0.4, 0.5) is 4.79 Å². The summed E-state index contributed by atoms with van der Waals surface area (Å²) in [6.07, 6.45) is 3.62. The third kappa shape index (κ3) is 8.89. The van der Waals surface area contributed by atoms with Crippen molar-refractivity contribution in [3.63, 3.8) is 0 Å². The minimum Gasteiger partial charge on any atom is -0.453 e. The average molecular weight is 517 g/mol. The number of nitrogens with one attached hydrogen (secondary N) is 2. The number of halogens is 1. The number of ether oxygens (including phenoxy) is 3. The lowest BCUT2D eigenvalue weighted by Gasteiger charge is -2.26. The highest BCUT2D eigenvalue weighted by atomic mass is 35.5. The summed E-state index contributed by atoms with van der Waals surface area (Å²) < 4.78 is 16.4. The van der Waals surface area contributed by atoms with Gasteiger partial charge < -0.3 is 24.8 Å². The third-order valence-electron chi connectivity index (χ3n) is 6.50. The molecule has 0 spiro atoms. The summed E-state index contributed by atoms with van der Waals surface area (Å²) in [5, 5.41) is 6.59. The quantitative estimate of drug-likeness (QED) is 0.282. The number of benzene rings is 2. The van der Waals surface area contributed by atoms with Crippen molar-refractivity contribution in [2.45, 2.75) is 44.2 Å². The fourth-order valence-electron chi connectivity index (χ4n) is 4.56. The number of hydrogen-bond donors (Lipinski definition) is 2. The molecule has 8 heteroatoms. The van der Waals surface area contributed by atoms with Crippen molar-refractivity contribution in [2.24, 2.45) is 5.92 Å². The van der Waals surface area contributed by atoms with Gasteiger partial charge in [0.05, 0.1) is 13.7 Å². The molecule has 0 saturated carbocycles. The van der Waals surface area contributed by atoms with E-state index >= 15 is 0 Å². The fourth-order valence-corrected chi connectivity index (χ4v) is 4.76. The summed E-state index contributed by atoms with van der Waals surface area (Å²) in [6, 6.07) is 15.3. The van der Waals surface area contributed by atoms with E-state index in [2.05, 4.69) is 15.4 Å². The number of ketones is 1. The van der Waals surface area contributed by atoms with Crippen molar-refractivity contribution >= 4 is 23.5 Å². The molecule has 7 nitrogen and oxygen atoms in total. The zero-order chi connectivity index (χ0) is 25.8. The monoisotopic (exact) mass is 516 g/mol. The summed E-state index contributed by atoms with van der Waals surface area (Å²) in [4.78, 5) is 24.5. The van der Waals surface area contributed by atoms with Crippen LogP contribution in [-0.4, -0.2) is 58.4 Å². The summed E-state index contributed by atoms with van der Waals surface area (Å²) >= 11 is 6.24. The van der Waals surface area contributed by atoms with Crippen LogP contribution in [0.15, 0.2) is 48.5 Å². The van der Waals surface area contributed by atoms with Crippen LogP contribution in [0.5, 0.6) is 0 Å². The molecular formula is C28H37ClN2O5. The lowest BCUT2D eigenvalue weighted by molar-refractivity contribution is 0.0473. The van der Waals surface area contributed by atoms with Gasteiger partial charge in [0.25, 0.3) is 0 Å². The summed E-state index contributed by atoms with van der Waals surface area (Å²) in [5.41, 5.74) is 2.38. The Balaban J connectivity index is 1.66. The first-order chi connectivity index (χ1) is 17.5. The number of rotatable bonds is 13. The van der Waals surface area contributed by atoms with Crippen LogP contribution in [0, 0.1) is 5.92 Å². The highest BCUT2D eigenvalue weighted by Crippen LogP contribution is 2.29. The second kappa shape index (κ2) is 15.0. The van der Waals surface area contributed by atoms with Crippen molar-refractivity contribution in [2.75, 3.05) is 40.5 Å². The lowest BCUT2D eigenvalue weighted by Crippen LogP contribution is -2.31. The Morgan fingerprint density at radius 1 is 1.17 bits per heavy atom. The zero-order valence-electron chi connectivity index (χ0n) is 21.1. The smallest absolute Gasteiger partial charge is 0.406 e. The molecule has 1 aliphatic heterocycles. The van der Waals surface area contributed by atoms with Gasteiger partial charge in [-0.2, -0.15) is 0 Å². The standard InChI is InChI=1S/C28H37ClN2O5/c1-30-25(16-20-6-5-14-35-19-20)11-12-26(32)21-7-3-8-22(17-21)27(23-9-4-10-24(29)18-23)36-15-13-31-28(33)34-2/h3-4,7-10,17-18,20,25,27,30H,5-6,11-16,19H2,1-2H3,(H,31,33)/t20-,25-,27-/m1/s1. The van der Waals surface area contributed by atoms with Crippen LogP contribution < -0.4 is 10.6 Å². The van der Waals surface area contributed by atoms with Crippen molar-refractivity contribution in [1.29, 1.82) is 0 Å². The van der Waals surface area contributed by atoms with Crippen molar-refractivity contribution in [3.8, 4) is 0 Å². The molecule has 0 radical (unpaired) electrons. The Kier molecular flexibility index (Phi) is 11.7. The van der Waals surface area contributed by atoms with Crippen LogP contribution in [0.25, 0.3) is 0 Å². The van der Waals surface area contributed by atoms with E-state index in [0.717, 1.165) is 43.6 Å². The molecule has 196 valence electrons. The minimum absolute atomic E-state index is 0.106. The SMILES string of the molecule is CN[C@H](CCC(=O)c1cccc([C@@H](OCCNC(=O)OC)c2cccc(Cl)c2)c1)C[C@H]1CCCOC1. The van der Waals surface area contributed by atoms with Gasteiger partial charge in [-0.15, -0.1) is 0 Å². The predicted molar refractivity (Wildman–Crippen MR) is 141 cm³/mol. The van der Waals surface area contributed by atoms with Crippen molar-refractivity contribution in [3.05, 3.63) is 70.2 Å². The molecule has 36 heavy (non-hydrogen) atoms. The highest BCUT2D eigenvalue weighted by molar-refractivity contribution is 6.30. The minimum atomic E-state index is -0.513. The van der Waals surface area contributed by atoms with E-state index in [9.17, 15) is 9.59 Å². The number of hydrogen-bond acceptors (Lipinski definition) is 6. The van der Waals surface area contributed by atoms with Gasteiger partial charge in [0.1, 0.15) is 6.10 Å². The van der Waals surface area contributed by atoms with Gasteiger partial charge in [-0.25, -0.2) is 4.79 Å². The van der Waals surface area contributed by atoms with Gasteiger partial charge >= 0.3 is 6.09 Å². The molecule has 2 N–H and O–H groups in total. The van der Waals surface area contributed by atoms with Crippen LogP contribution in [0.3, 0.4) is 0 Å². The van der Waals surface area contributed by atoms with E-state index in [-0.39, 0.29) is 18.4 Å². The number of alkyl carbamates (subject to hydrolysis) is 1. The van der Waals surface area contributed by atoms with Crippen LogP contribution in [0.2, 0.25) is 5.02 Å². The maximum Gasteiger partial charge on any atom is 0.406 e. The molecule has 1 amide bonds. The Bertz CT molecular complexity index is 980. The first kappa shape index (κ1) is 28.1. The molecule has 3 rings (SSSR count). The molecule has 0 aromatic heterocycles. The molecular weight excluding hydrogens is 480 g/mol. The van der Waals surface area contributed by atoms with E-state index < -0.39 is 12.2 Å². The largest absolute Gasteiger partial charge is 0.453 e.